The summed E-state index contributed by atoms with van der Waals surface area (Å²) < 4.78 is 0. The Hall–Kier alpha value is -1.08. The normalized spacial score (nSPS) is 17.8. The van der Waals surface area contributed by atoms with Gasteiger partial charge < -0.3 is 0 Å². The number of carbonyl (C=O) groups is 1. The van der Waals surface area contributed by atoms with Gasteiger partial charge in [0, 0.05) is 11.0 Å². The van der Waals surface area contributed by atoms with Crippen LogP contribution in [-0.2, 0) is 4.79 Å². The van der Waals surface area contributed by atoms with Gasteiger partial charge in [0.2, 0.25) is 0 Å². The molecule has 0 radical (unpaired) electrons. The first-order chi connectivity index (χ1) is 7.58. The average molecular weight is 237 g/mol. The Labute approximate surface area is 102 Å². The van der Waals surface area contributed by atoms with Crippen LogP contribution in [0.3, 0.4) is 0 Å². The lowest BCUT2D eigenvalue weighted by molar-refractivity contribution is -0.119. The number of Topliss-reactive ketones (excluding diaryl/α,β-unsaturated/α-hetero) is 1. The maximum absolute atomic E-state index is 10.5. The minimum atomic E-state index is 0.0787. The Bertz CT molecular complexity index is 386. The summed E-state index contributed by atoms with van der Waals surface area (Å²) in [4.78, 5) is 10.5. The van der Waals surface area contributed by atoms with Gasteiger partial charge in [-0.15, -0.1) is 6.58 Å². The number of fused-ring (bicyclic) bond motifs is 2. The summed E-state index contributed by atoms with van der Waals surface area (Å²) in [7, 11) is 0. The summed E-state index contributed by atoms with van der Waals surface area (Å²) in [6.45, 7) is 7.11. The molecule has 0 aliphatic heterocycles. The molecule has 2 heteroatoms. The van der Waals surface area contributed by atoms with Crippen molar-refractivity contribution < 1.29 is 4.79 Å². The molecule has 0 aromatic carbocycles. The third-order valence-corrected chi connectivity index (χ3v) is 3.11. The molecule has 2 bridgehead atoms. The molecule has 0 heterocycles. The number of halogens is 1. The predicted octanol–water partition coefficient (Wildman–Crippen LogP) is 4.17. The van der Waals surface area contributed by atoms with E-state index in [1.54, 1.807) is 13.0 Å². The largest absolute Gasteiger partial charge is 0.299 e. The number of allylic oxidation sites excluding steroid dienone is 7. The fraction of sp³-hybridized carbons (Fsp3) is 0.357. The second-order valence-corrected chi connectivity index (χ2v) is 4.37. The maximum atomic E-state index is 10.5. The Morgan fingerprint density at radius 3 is 2.44 bits per heavy atom. The van der Waals surface area contributed by atoms with Crippen molar-refractivity contribution in [2.45, 2.75) is 26.7 Å². The number of ketones is 1. The molecule has 1 nitrogen and oxygen atoms in total. The fourth-order valence-electron chi connectivity index (χ4n) is 1.68. The SMILES string of the molecule is C=CC(CC)C(C)=O.ClC1=C2C=CC(=C1)C2. The molecule has 2 aliphatic carbocycles. The van der Waals surface area contributed by atoms with Crippen molar-refractivity contribution in [3.05, 3.63) is 47.1 Å². The lowest BCUT2D eigenvalue weighted by Gasteiger charge is -2.00. The van der Waals surface area contributed by atoms with Gasteiger partial charge in [-0.2, -0.15) is 0 Å². The summed E-state index contributed by atoms with van der Waals surface area (Å²) in [5.41, 5.74) is 2.63. The van der Waals surface area contributed by atoms with Gasteiger partial charge in [0.05, 0.1) is 0 Å². The zero-order valence-corrected chi connectivity index (χ0v) is 10.6. The van der Waals surface area contributed by atoms with E-state index in [0.29, 0.717) is 0 Å². The van der Waals surface area contributed by atoms with Crippen molar-refractivity contribution in [2.24, 2.45) is 5.92 Å². The highest BCUT2D eigenvalue weighted by Crippen LogP contribution is 2.34. The van der Waals surface area contributed by atoms with Gasteiger partial charge in [0.1, 0.15) is 5.78 Å². The zero-order chi connectivity index (χ0) is 12.1. The number of carbonyl (C=O) groups excluding carboxylic acids is 1. The molecule has 0 N–H and O–H groups in total. The Morgan fingerprint density at radius 2 is 2.31 bits per heavy atom. The average Bonchev–Trinajstić information content (AvgIpc) is 2.81. The standard InChI is InChI=1S/C7H5Cl.C7H12O/c8-7-4-5-1-2-6(7)3-5;1-4-7(5-2)6(3)8/h1-2,4H,3H2;4,7H,1,5H2,2-3H3. The minimum Gasteiger partial charge on any atom is -0.299 e. The third-order valence-electron chi connectivity index (χ3n) is 2.76. The van der Waals surface area contributed by atoms with Crippen LogP contribution in [0, 0.1) is 5.92 Å². The van der Waals surface area contributed by atoms with Gasteiger partial charge in [-0.25, -0.2) is 0 Å². The van der Waals surface area contributed by atoms with Crippen molar-refractivity contribution in [3.8, 4) is 0 Å². The highest BCUT2D eigenvalue weighted by atomic mass is 35.5. The van der Waals surface area contributed by atoms with Crippen LogP contribution in [0.15, 0.2) is 47.1 Å². The Kier molecular flexibility index (Phi) is 4.75. The van der Waals surface area contributed by atoms with Gasteiger partial charge in [-0.3, -0.25) is 4.79 Å². The van der Waals surface area contributed by atoms with Crippen molar-refractivity contribution in [2.75, 3.05) is 0 Å². The molecule has 16 heavy (non-hydrogen) atoms. The molecular formula is C14H17ClO. The zero-order valence-electron chi connectivity index (χ0n) is 9.79. The van der Waals surface area contributed by atoms with Gasteiger partial charge in [0.15, 0.2) is 0 Å². The van der Waals surface area contributed by atoms with Crippen molar-refractivity contribution >= 4 is 17.4 Å². The molecule has 1 unspecified atom stereocenters. The predicted molar refractivity (Wildman–Crippen MR) is 69.4 cm³/mol. The highest BCUT2D eigenvalue weighted by molar-refractivity contribution is 6.32. The highest BCUT2D eigenvalue weighted by Gasteiger charge is 2.14. The second-order valence-electron chi connectivity index (χ2n) is 3.96. The molecular weight excluding hydrogens is 220 g/mol. The van der Waals surface area contributed by atoms with E-state index < -0.39 is 0 Å². The third kappa shape index (κ3) is 3.21. The number of rotatable bonds is 3. The first-order valence-electron chi connectivity index (χ1n) is 5.48. The van der Waals surface area contributed by atoms with Crippen molar-refractivity contribution in [3.63, 3.8) is 0 Å². The van der Waals surface area contributed by atoms with Crippen LogP contribution >= 0.6 is 11.6 Å². The van der Waals surface area contributed by atoms with Crippen LogP contribution in [0.1, 0.15) is 26.7 Å². The molecule has 1 atom stereocenters. The monoisotopic (exact) mass is 236 g/mol. The Balaban J connectivity index is 0.000000160. The molecule has 0 saturated carbocycles. The van der Waals surface area contributed by atoms with E-state index in [4.69, 9.17) is 11.6 Å². The van der Waals surface area contributed by atoms with Gasteiger partial charge in [-0.1, -0.05) is 36.8 Å². The van der Waals surface area contributed by atoms with Gasteiger partial charge in [0.25, 0.3) is 0 Å². The molecule has 0 amide bonds. The molecule has 0 fully saturated rings. The van der Waals surface area contributed by atoms with Crippen LogP contribution in [0.5, 0.6) is 0 Å². The van der Waals surface area contributed by atoms with E-state index in [0.717, 1.165) is 17.9 Å². The van der Waals surface area contributed by atoms with E-state index in [1.165, 1.54) is 11.1 Å². The molecule has 0 saturated heterocycles. The number of hydrogen-bond donors (Lipinski definition) is 0. The second kappa shape index (κ2) is 5.86. The fourth-order valence-corrected chi connectivity index (χ4v) is 1.95. The molecule has 0 spiro atoms. The van der Waals surface area contributed by atoms with Gasteiger partial charge in [-0.05, 0) is 37.0 Å². The Morgan fingerprint density at radius 1 is 1.62 bits per heavy atom. The van der Waals surface area contributed by atoms with Crippen LogP contribution < -0.4 is 0 Å². The van der Waals surface area contributed by atoms with E-state index in [2.05, 4.69) is 18.7 Å². The van der Waals surface area contributed by atoms with Crippen LogP contribution in [0.25, 0.3) is 0 Å². The summed E-state index contributed by atoms with van der Waals surface area (Å²) in [6.07, 6.45) is 9.86. The topological polar surface area (TPSA) is 17.1 Å². The molecule has 2 rings (SSSR count). The van der Waals surface area contributed by atoms with E-state index >= 15 is 0 Å². The van der Waals surface area contributed by atoms with E-state index in [-0.39, 0.29) is 11.7 Å². The first-order valence-corrected chi connectivity index (χ1v) is 5.86. The molecule has 86 valence electrons. The summed E-state index contributed by atoms with van der Waals surface area (Å²) in [5, 5.41) is 0.933. The first kappa shape index (κ1) is 13.0. The summed E-state index contributed by atoms with van der Waals surface area (Å²) in [5.74, 6) is 0.289. The molecule has 0 aromatic rings. The lowest BCUT2D eigenvalue weighted by Crippen LogP contribution is -2.04. The number of hydrogen-bond acceptors (Lipinski definition) is 1. The van der Waals surface area contributed by atoms with Crippen LogP contribution in [0.2, 0.25) is 0 Å². The van der Waals surface area contributed by atoms with E-state index in [1.807, 2.05) is 13.0 Å². The van der Waals surface area contributed by atoms with E-state index in [9.17, 15) is 4.79 Å². The smallest absolute Gasteiger partial charge is 0.136 e. The molecule has 0 aromatic heterocycles. The quantitative estimate of drug-likeness (QED) is 0.673. The van der Waals surface area contributed by atoms with Gasteiger partial charge >= 0.3 is 0 Å². The molecule has 2 aliphatic rings. The van der Waals surface area contributed by atoms with Crippen LogP contribution in [-0.4, -0.2) is 5.78 Å². The van der Waals surface area contributed by atoms with Crippen molar-refractivity contribution in [1.29, 1.82) is 0 Å². The van der Waals surface area contributed by atoms with Crippen molar-refractivity contribution in [1.82, 2.24) is 0 Å². The minimum absolute atomic E-state index is 0.0787. The summed E-state index contributed by atoms with van der Waals surface area (Å²) in [6, 6.07) is 0. The lowest BCUT2D eigenvalue weighted by atomic mass is 10.0. The maximum Gasteiger partial charge on any atom is 0.136 e. The summed E-state index contributed by atoms with van der Waals surface area (Å²) >= 11 is 5.76. The van der Waals surface area contributed by atoms with Crippen LogP contribution in [0.4, 0.5) is 0 Å².